The van der Waals surface area contributed by atoms with Gasteiger partial charge in [-0.15, -0.1) is 0 Å². The zero-order chi connectivity index (χ0) is 38.4. The Bertz CT molecular complexity index is 1840. The van der Waals surface area contributed by atoms with Gasteiger partial charge in [-0.1, -0.05) is 50.8 Å². The number of nitrogens with zero attached hydrogens (tertiary/aromatic N) is 1. The lowest BCUT2D eigenvalue weighted by atomic mass is 10.0. The number of carbonyl (C=O) groups is 4. The molecule has 0 aliphatic heterocycles. The summed E-state index contributed by atoms with van der Waals surface area (Å²) in [7, 11) is 1.24. The van der Waals surface area contributed by atoms with Crippen LogP contribution in [0.1, 0.15) is 76.4 Å². The Morgan fingerprint density at radius 1 is 0.774 bits per heavy atom. The van der Waals surface area contributed by atoms with Crippen LogP contribution in [0.25, 0.3) is 0 Å². The minimum atomic E-state index is -4.70. The molecule has 0 aliphatic rings. The smallest absolute Gasteiger partial charge is 0.416 e. The predicted octanol–water partition coefficient (Wildman–Crippen LogP) is 8.19. The summed E-state index contributed by atoms with van der Waals surface area (Å²) in [6.07, 6.45) is 0.385. The Hall–Kier alpha value is -5.85. The zero-order valence-corrected chi connectivity index (χ0v) is 29.4. The summed E-state index contributed by atoms with van der Waals surface area (Å²) in [4.78, 5) is 51.4. The van der Waals surface area contributed by atoms with E-state index < -0.39 is 48.5 Å². The number of rotatable bonds is 18. The van der Waals surface area contributed by atoms with Gasteiger partial charge in [0.15, 0.2) is 0 Å². The first kappa shape index (κ1) is 39.9. The molecule has 0 aliphatic carbocycles. The molecule has 13 heteroatoms. The third kappa shape index (κ3) is 12.4. The number of carbonyl (C=O) groups excluding carboxylic acids is 3. The number of methoxy groups -OCH3 is 1. The van der Waals surface area contributed by atoms with E-state index in [-0.39, 0.29) is 34.9 Å². The fraction of sp³-hybridized carbons (Fsp3) is 0.300. The number of anilines is 1. The summed E-state index contributed by atoms with van der Waals surface area (Å²) in [5.74, 6) is -2.22. The minimum absolute atomic E-state index is 0.00323. The van der Waals surface area contributed by atoms with E-state index >= 15 is 0 Å². The molecule has 0 aromatic heterocycles. The molecule has 2 N–H and O–H groups in total. The number of amides is 2. The standard InChI is InChI=1S/C40H41F3N2O8/c1-3-4-5-6-7-22-52-32-19-12-29(13-20-32)39(50)53-33-17-8-27(9-18-33)25-45(26-37(47)48)38(49)28-10-15-31(16-11-28)44-36(46)23-30-14-21-34(51-2)24-35(30)40(41,42)43/h8-21,24H,3-7,22-23,25-26H2,1-2H3,(H,44,46)(H,47,48). The molecule has 0 bridgehead atoms. The molecule has 4 rings (SSSR count). The van der Waals surface area contributed by atoms with Gasteiger partial charge in [-0.05, 0) is 90.3 Å². The topological polar surface area (TPSA) is 131 Å². The maximum absolute atomic E-state index is 13.6. The fourth-order valence-corrected chi connectivity index (χ4v) is 5.35. The number of carboxylic acids is 1. The maximum atomic E-state index is 13.6. The van der Waals surface area contributed by atoms with Crippen LogP contribution in [-0.2, 0) is 28.7 Å². The van der Waals surface area contributed by atoms with Gasteiger partial charge in [-0.3, -0.25) is 14.4 Å². The van der Waals surface area contributed by atoms with Gasteiger partial charge in [0.05, 0.1) is 31.3 Å². The van der Waals surface area contributed by atoms with Crippen molar-refractivity contribution >= 4 is 29.4 Å². The molecular weight excluding hydrogens is 693 g/mol. The zero-order valence-electron chi connectivity index (χ0n) is 29.4. The van der Waals surface area contributed by atoms with Gasteiger partial charge in [0.2, 0.25) is 5.91 Å². The van der Waals surface area contributed by atoms with E-state index in [0.717, 1.165) is 23.8 Å². The van der Waals surface area contributed by atoms with Crippen molar-refractivity contribution in [1.82, 2.24) is 4.90 Å². The number of ether oxygens (including phenoxy) is 3. The molecule has 0 unspecified atom stereocenters. The molecule has 2 amide bonds. The Morgan fingerprint density at radius 3 is 2.02 bits per heavy atom. The highest BCUT2D eigenvalue weighted by Crippen LogP contribution is 2.35. The number of benzene rings is 4. The summed E-state index contributed by atoms with van der Waals surface area (Å²) >= 11 is 0. The highest BCUT2D eigenvalue weighted by atomic mass is 19.4. The molecule has 0 atom stereocenters. The molecule has 53 heavy (non-hydrogen) atoms. The number of esters is 1. The molecule has 0 saturated heterocycles. The summed E-state index contributed by atoms with van der Waals surface area (Å²) in [6, 6.07) is 21.8. The molecule has 0 spiro atoms. The SMILES string of the molecule is CCCCCCCOc1ccc(C(=O)Oc2ccc(CN(CC(=O)O)C(=O)c3ccc(NC(=O)Cc4ccc(OC)cc4C(F)(F)F)cc3)cc2)cc1. The van der Waals surface area contributed by atoms with Crippen molar-refractivity contribution < 1.29 is 51.7 Å². The molecule has 0 radical (unpaired) electrons. The summed E-state index contributed by atoms with van der Waals surface area (Å²) in [5, 5.41) is 12.0. The average Bonchev–Trinajstić information content (AvgIpc) is 3.13. The van der Waals surface area contributed by atoms with E-state index in [4.69, 9.17) is 14.2 Å². The number of hydrogen-bond acceptors (Lipinski definition) is 7. The molecule has 0 saturated carbocycles. The number of hydrogen-bond donors (Lipinski definition) is 2. The van der Waals surface area contributed by atoms with Gasteiger partial charge in [-0.25, -0.2) is 4.79 Å². The molecule has 0 fully saturated rings. The van der Waals surface area contributed by atoms with Crippen molar-refractivity contribution in [3.8, 4) is 17.2 Å². The van der Waals surface area contributed by atoms with Gasteiger partial charge in [0.1, 0.15) is 23.8 Å². The molecule has 4 aromatic rings. The number of alkyl halides is 3. The van der Waals surface area contributed by atoms with Gasteiger partial charge < -0.3 is 29.5 Å². The first-order chi connectivity index (χ1) is 25.4. The lowest BCUT2D eigenvalue weighted by Crippen LogP contribution is -2.35. The van der Waals surface area contributed by atoms with Crippen LogP contribution in [0.15, 0.2) is 91.0 Å². The maximum Gasteiger partial charge on any atom is 0.416 e. The first-order valence-corrected chi connectivity index (χ1v) is 17.0. The first-order valence-electron chi connectivity index (χ1n) is 17.0. The number of halogens is 3. The van der Waals surface area contributed by atoms with Crippen molar-refractivity contribution in [2.45, 2.75) is 58.2 Å². The highest BCUT2D eigenvalue weighted by molar-refractivity contribution is 5.97. The molecular formula is C40H41F3N2O8. The van der Waals surface area contributed by atoms with Crippen molar-refractivity contribution in [2.24, 2.45) is 0 Å². The second-order valence-electron chi connectivity index (χ2n) is 12.2. The normalized spacial score (nSPS) is 11.0. The third-order valence-corrected chi connectivity index (χ3v) is 8.12. The van der Waals surface area contributed by atoms with Gasteiger partial charge >= 0.3 is 18.1 Å². The molecule has 0 heterocycles. The molecule has 280 valence electrons. The Labute approximate surface area is 305 Å². The van der Waals surface area contributed by atoms with Crippen LogP contribution < -0.4 is 19.5 Å². The number of nitrogens with one attached hydrogen (secondary N) is 1. The van der Waals surface area contributed by atoms with Crippen LogP contribution in [0.3, 0.4) is 0 Å². The van der Waals surface area contributed by atoms with Crippen LogP contribution in [-0.4, -0.2) is 54.0 Å². The van der Waals surface area contributed by atoms with Crippen LogP contribution in [0.5, 0.6) is 17.2 Å². The van der Waals surface area contributed by atoms with E-state index in [0.29, 0.717) is 23.5 Å². The number of carboxylic acid groups (broad SMARTS) is 1. The quantitative estimate of drug-likeness (QED) is 0.0595. The lowest BCUT2D eigenvalue weighted by Gasteiger charge is -2.21. The van der Waals surface area contributed by atoms with Crippen molar-refractivity contribution in [3.05, 3.63) is 119 Å². The van der Waals surface area contributed by atoms with Crippen LogP contribution in [0.2, 0.25) is 0 Å². The Kier molecular flexibility index (Phi) is 14.4. The van der Waals surface area contributed by atoms with Crippen molar-refractivity contribution in [3.63, 3.8) is 0 Å². The van der Waals surface area contributed by atoms with E-state index in [9.17, 15) is 37.5 Å². The fourth-order valence-electron chi connectivity index (χ4n) is 5.35. The summed E-state index contributed by atoms with van der Waals surface area (Å²) in [5.41, 5.74) is 0.0145. The van der Waals surface area contributed by atoms with E-state index in [1.807, 2.05) is 0 Å². The number of unbranched alkanes of at least 4 members (excludes halogenated alkanes) is 4. The predicted molar refractivity (Wildman–Crippen MR) is 191 cm³/mol. The van der Waals surface area contributed by atoms with Gasteiger partial charge in [0.25, 0.3) is 5.91 Å². The summed E-state index contributed by atoms with van der Waals surface area (Å²) in [6.45, 7) is 2.07. The third-order valence-electron chi connectivity index (χ3n) is 8.12. The molecule has 10 nitrogen and oxygen atoms in total. The monoisotopic (exact) mass is 734 g/mol. The van der Waals surface area contributed by atoms with Crippen LogP contribution >= 0.6 is 0 Å². The highest BCUT2D eigenvalue weighted by Gasteiger charge is 2.34. The summed E-state index contributed by atoms with van der Waals surface area (Å²) < 4.78 is 56.7. The molecule has 4 aromatic carbocycles. The van der Waals surface area contributed by atoms with Crippen molar-refractivity contribution in [1.29, 1.82) is 0 Å². The minimum Gasteiger partial charge on any atom is -0.497 e. The lowest BCUT2D eigenvalue weighted by molar-refractivity contribution is -0.139. The average molecular weight is 735 g/mol. The van der Waals surface area contributed by atoms with E-state index in [1.54, 1.807) is 36.4 Å². The van der Waals surface area contributed by atoms with Crippen molar-refractivity contribution in [2.75, 3.05) is 25.6 Å². The Morgan fingerprint density at radius 2 is 1.40 bits per heavy atom. The number of aliphatic carboxylic acids is 1. The van der Waals surface area contributed by atoms with E-state index in [2.05, 4.69) is 12.2 Å². The second kappa shape index (κ2) is 19.1. The van der Waals surface area contributed by atoms with Crippen LogP contribution in [0.4, 0.5) is 18.9 Å². The second-order valence-corrected chi connectivity index (χ2v) is 12.2. The van der Waals surface area contributed by atoms with Gasteiger partial charge in [-0.2, -0.15) is 13.2 Å². The van der Waals surface area contributed by atoms with Gasteiger partial charge in [0, 0.05) is 17.8 Å². The largest absolute Gasteiger partial charge is 0.497 e. The Balaban J connectivity index is 1.32. The van der Waals surface area contributed by atoms with Crippen LogP contribution in [0, 0.1) is 0 Å². The van der Waals surface area contributed by atoms with E-state index in [1.165, 1.54) is 74.9 Å².